The first kappa shape index (κ1) is 11.6. The largest absolute Gasteiger partial charge is 0.323 e. The number of halogens is 1. The highest BCUT2D eigenvalue weighted by Crippen LogP contribution is 2.20. The van der Waals surface area contributed by atoms with Gasteiger partial charge in [-0.2, -0.15) is 0 Å². The lowest BCUT2D eigenvalue weighted by Gasteiger charge is -2.31. The van der Waals surface area contributed by atoms with Crippen LogP contribution in [0, 0.1) is 12.3 Å². The second-order valence-corrected chi connectivity index (χ2v) is 4.10. The molecule has 3 nitrogen and oxygen atoms in total. The normalized spacial score (nSPS) is 19.3. The molecule has 4 heteroatoms. The van der Waals surface area contributed by atoms with E-state index in [9.17, 15) is 4.79 Å². The van der Waals surface area contributed by atoms with Crippen molar-refractivity contribution in [3.05, 3.63) is 47.1 Å². The van der Waals surface area contributed by atoms with Crippen molar-refractivity contribution in [2.45, 2.75) is 12.6 Å². The molecule has 86 valence electrons. The van der Waals surface area contributed by atoms with E-state index in [1.165, 1.54) is 11.1 Å². The molecule has 1 aliphatic rings. The van der Waals surface area contributed by atoms with Crippen molar-refractivity contribution in [3.8, 4) is 12.3 Å². The van der Waals surface area contributed by atoms with E-state index in [2.05, 4.69) is 11.2 Å². The van der Waals surface area contributed by atoms with Gasteiger partial charge in [-0.1, -0.05) is 47.9 Å². The summed E-state index contributed by atoms with van der Waals surface area (Å²) in [5.74, 6) is 2.52. The molecule has 0 aliphatic carbocycles. The zero-order valence-corrected chi connectivity index (χ0v) is 9.82. The highest BCUT2D eigenvalue weighted by atomic mass is 35.5. The molecule has 1 aromatic rings. The molecular weight excluding hydrogens is 236 g/mol. The van der Waals surface area contributed by atoms with Gasteiger partial charge in [-0.05, 0) is 5.56 Å². The fraction of sp³-hybridized carbons (Fsp3) is 0.154. The molecule has 17 heavy (non-hydrogen) atoms. The van der Waals surface area contributed by atoms with E-state index in [4.69, 9.17) is 18.0 Å². The summed E-state index contributed by atoms with van der Waals surface area (Å²) in [6.45, 7) is 0.436. The Balaban J connectivity index is 2.22. The number of hydrogen-bond donors (Lipinski definition) is 1. The van der Waals surface area contributed by atoms with Crippen molar-refractivity contribution < 1.29 is 4.79 Å². The maximum Gasteiger partial charge on any atom is 0.323 e. The molecule has 1 N–H and O–H groups in total. The Morgan fingerprint density at radius 1 is 1.41 bits per heavy atom. The molecule has 0 saturated carbocycles. The maximum absolute atomic E-state index is 11.7. The van der Waals surface area contributed by atoms with Gasteiger partial charge in [0, 0.05) is 12.7 Å². The van der Waals surface area contributed by atoms with Crippen LogP contribution in [-0.2, 0) is 6.54 Å². The molecule has 1 atom stereocenters. The summed E-state index contributed by atoms with van der Waals surface area (Å²) in [6, 6.07) is 8.90. The maximum atomic E-state index is 11.7. The number of carbonyl (C=O) groups excluding carboxylic acids is 1. The van der Waals surface area contributed by atoms with Crippen LogP contribution in [0.5, 0.6) is 0 Å². The van der Waals surface area contributed by atoms with Crippen LogP contribution in [0.25, 0.3) is 0 Å². The third-order valence-corrected chi connectivity index (χ3v) is 2.84. The monoisotopic (exact) mass is 246 g/mol. The molecule has 0 spiro atoms. The van der Waals surface area contributed by atoms with Crippen molar-refractivity contribution in [1.29, 1.82) is 0 Å². The number of terminal acetylenes is 1. The van der Waals surface area contributed by atoms with E-state index in [1.807, 2.05) is 30.3 Å². The molecule has 1 unspecified atom stereocenters. The standard InChI is InChI=1S/C13H11ClN2O/c1-2-12-11(14)8-15-13(17)16(12)9-10-6-4-3-5-7-10/h1,3-8,12H,9H2,(H,15,17). The SMILES string of the molecule is C#CC1C(Cl)=CNC(=O)N1Cc1ccccc1. The minimum absolute atomic E-state index is 0.235. The number of hydrogen-bond acceptors (Lipinski definition) is 1. The molecule has 0 bridgehead atoms. The lowest BCUT2D eigenvalue weighted by molar-refractivity contribution is 0.191. The van der Waals surface area contributed by atoms with Crippen LogP contribution < -0.4 is 5.32 Å². The van der Waals surface area contributed by atoms with E-state index >= 15 is 0 Å². The van der Waals surface area contributed by atoms with Crippen LogP contribution in [0.1, 0.15) is 5.56 Å². The van der Waals surface area contributed by atoms with Gasteiger partial charge >= 0.3 is 6.03 Å². The first-order valence-electron chi connectivity index (χ1n) is 5.15. The lowest BCUT2D eigenvalue weighted by atomic mass is 10.1. The van der Waals surface area contributed by atoms with E-state index < -0.39 is 6.04 Å². The molecule has 1 aromatic carbocycles. The summed E-state index contributed by atoms with van der Waals surface area (Å²) in [7, 11) is 0. The molecule has 1 heterocycles. The van der Waals surface area contributed by atoms with Gasteiger partial charge in [0.2, 0.25) is 0 Å². The van der Waals surface area contributed by atoms with Gasteiger partial charge < -0.3 is 10.2 Å². The number of amides is 2. The highest BCUT2D eigenvalue weighted by molar-refractivity contribution is 6.31. The highest BCUT2D eigenvalue weighted by Gasteiger charge is 2.28. The third-order valence-electron chi connectivity index (χ3n) is 2.52. The predicted molar refractivity (Wildman–Crippen MR) is 67.1 cm³/mol. The zero-order chi connectivity index (χ0) is 12.3. The molecule has 2 rings (SSSR count). The quantitative estimate of drug-likeness (QED) is 0.798. The van der Waals surface area contributed by atoms with Gasteiger partial charge in [-0.25, -0.2) is 4.79 Å². The van der Waals surface area contributed by atoms with Gasteiger partial charge in [0.15, 0.2) is 0 Å². The van der Waals surface area contributed by atoms with E-state index in [0.29, 0.717) is 11.6 Å². The number of rotatable bonds is 2. The van der Waals surface area contributed by atoms with Gasteiger partial charge in [0.1, 0.15) is 6.04 Å². The molecule has 0 radical (unpaired) electrons. The predicted octanol–water partition coefficient (Wildman–Crippen LogP) is 2.29. The lowest BCUT2D eigenvalue weighted by Crippen LogP contribution is -2.47. The Bertz CT molecular complexity index is 490. The smallest absolute Gasteiger partial charge is 0.313 e. The summed E-state index contributed by atoms with van der Waals surface area (Å²) < 4.78 is 0. The summed E-state index contributed by atoms with van der Waals surface area (Å²) >= 11 is 5.97. The number of carbonyl (C=O) groups is 1. The minimum atomic E-state index is -0.495. The van der Waals surface area contributed by atoms with Crippen LogP contribution >= 0.6 is 11.6 Å². The number of nitrogens with one attached hydrogen (secondary N) is 1. The molecule has 0 fully saturated rings. The fourth-order valence-corrected chi connectivity index (χ4v) is 1.91. The van der Waals surface area contributed by atoms with E-state index in [-0.39, 0.29) is 6.03 Å². The fourth-order valence-electron chi connectivity index (χ4n) is 1.67. The van der Waals surface area contributed by atoms with E-state index in [1.54, 1.807) is 0 Å². The Morgan fingerprint density at radius 2 is 2.12 bits per heavy atom. The number of nitrogens with zero attached hydrogens (tertiary/aromatic N) is 1. The van der Waals surface area contributed by atoms with Crippen molar-refractivity contribution >= 4 is 17.6 Å². The Hall–Kier alpha value is -1.92. The summed E-state index contributed by atoms with van der Waals surface area (Å²) in [6.07, 6.45) is 6.84. The second kappa shape index (κ2) is 4.94. The molecule has 1 aliphatic heterocycles. The van der Waals surface area contributed by atoms with Crippen LogP contribution in [0.3, 0.4) is 0 Å². The average molecular weight is 247 g/mol. The van der Waals surface area contributed by atoms with Crippen molar-refractivity contribution in [2.75, 3.05) is 0 Å². The molecule has 2 amide bonds. The Morgan fingerprint density at radius 3 is 2.76 bits per heavy atom. The second-order valence-electron chi connectivity index (χ2n) is 3.66. The van der Waals surface area contributed by atoms with Crippen LogP contribution in [0.4, 0.5) is 4.79 Å². The third kappa shape index (κ3) is 2.43. The topological polar surface area (TPSA) is 32.3 Å². The summed E-state index contributed by atoms with van der Waals surface area (Å²) in [5.41, 5.74) is 1.01. The van der Waals surface area contributed by atoms with Crippen LogP contribution in [0.15, 0.2) is 41.6 Å². The molecule has 0 saturated heterocycles. The van der Waals surface area contributed by atoms with Crippen LogP contribution in [-0.4, -0.2) is 17.0 Å². The summed E-state index contributed by atoms with van der Waals surface area (Å²) in [5, 5.41) is 3.01. The first-order valence-corrected chi connectivity index (χ1v) is 5.53. The number of urea groups is 1. The van der Waals surface area contributed by atoms with Gasteiger partial charge in [-0.3, -0.25) is 0 Å². The van der Waals surface area contributed by atoms with Gasteiger partial charge in [-0.15, -0.1) is 6.42 Å². The Kier molecular flexibility index (Phi) is 3.36. The minimum Gasteiger partial charge on any atom is -0.313 e. The Labute approximate surface area is 105 Å². The number of benzene rings is 1. The van der Waals surface area contributed by atoms with Gasteiger partial charge in [0.25, 0.3) is 0 Å². The van der Waals surface area contributed by atoms with Crippen molar-refractivity contribution in [2.24, 2.45) is 0 Å². The zero-order valence-electron chi connectivity index (χ0n) is 9.06. The van der Waals surface area contributed by atoms with Crippen molar-refractivity contribution in [3.63, 3.8) is 0 Å². The molecule has 0 aromatic heterocycles. The van der Waals surface area contributed by atoms with Crippen molar-refractivity contribution in [1.82, 2.24) is 10.2 Å². The van der Waals surface area contributed by atoms with Gasteiger partial charge in [0.05, 0.1) is 5.03 Å². The average Bonchev–Trinajstić information content (AvgIpc) is 2.35. The molecular formula is C13H11ClN2O. The van der Waals surface area contributed by atoms with Crippen LogP contribution in [0.2, 0.25) is 0 Å². The van der Waals surface area contributed by atoms with E-state index in [0.717, 1.165) is 5.56 Å². The summed E-state index contributed by atoms with van der Waals surface area (Å²) in [4.78, 5) is 13.3. The first-order chi connectivity index (χ1) is 8.22.